The summed E-state index contributed by atoms with van der Waals surface area (Å²) < 4.78 is 0. The van der Waals surface area contributed by atoms with Gasteiger partial charge < -0.3 is 10.6 Å². The highest BCUT2D eigenvalue weighted by atomic mass is 32.2. The number of fused-ring (bicyclic) bond motifs is 1. The SMILES string of the molecule is CN(C(=O)CSc1ccc(C(N)=O)cc1[N+](=O)[O-])c1ccc2ccccc2c1. The van der Waals surface area contributed by atoms with E-state index in [2.05, 4.69) is 0 Å². The number of benzene rings is 3. The van der Waals surface area contributed by atoms with Gasteiger partial charge in [0, 0.05) is 24.4 Å². The van der Waals surface area contributed by atoms with Gasteiger partial charge in [0.05, 0.1) is 15.6 Å². The predicted octanol–water partition coefficient (Wildman–Crippen LogP) is 3.60. The molecular weight excluding hydrogens is 378 g/mol. The Morgan fingerprint density at radius 2 is 1.79 bits per heavy atom. The molecule has 0 aliphatic rings. The van der Waals surface area contributed by atoms with Crippen LogP contribution in [0.15, 0.2) is 65.6 Å². The molecule has 0 atom stereocenters. The summed E-state index contributed by atoms with van der Waals surface area (Å²) in [5.41, 5.74) is 5.71. The minimum Gasteiger partial charge on any atom is -0.366 e. The molecule has 3 rings (SSSR count). The van der Waals surface area contributed by atoms with Crippen molar-refractivity contribution in [3.05, 3.63) is 76.3 Å². The molecular formula is C20H17N3O4S. The molecule has 0 unspecified atom stereocenters. The quantitative estimate of drug-likeness (QED) is 0.390. The molecule has 142 valence electrons. The van der Waals surface area contributed by atoms with E-state index in [1.54, 1.807) is 7.05 Å². The van der Waals surface area contributed by atoms with E-state index in [0.29, 0.717) is 4.90 Å². The number of amides is 2. The number of nitrogens with two attached hydrogens (primary N) is 1. The molecule has 0 heterocycles. The molecule has 0 saturated heterocycles. The number of carbonyl (C=O) groups excluding carboxylic acids is 2. The topological polar surface area (TPSA) is 107 Å². The fraction of sp³-hybridized carbons (Fsp3) is 0.100. The zero-order valence-electron chi connectivity index (χ0n) is 15.0. The molecule has 0 spiro atoms. The van der Waals surface area contributed by atoms with Gasteiger partial charge in [0.15, 0.2) is 0 Å². The Balaban J connectivity index is 1.75. The van der Waals surface area contributed by atoms with Gasteiger partial charge in [-0.15, -0.1) is 11.8 Å². The number of carbonyl (C=O) groups is 2. The highest BCUT2D eigenvalue weighted by molar-refractivity contribution is 8.00. The second-order valence-corrected chi connectivity index (χ2v) is 7.09. The molecule has 28 heavy (non-hydrogen) atoms. The van der Waals surface area contributed by atoms with Crippen LogP contribution in [0.1, 0.15) is 10.4 Å². The highest BCUT2D eigenvalue weighted by Crippen LogP contribution is 2.31. The average Bonchev–Trinajstić information content (AvgIpc) is 2.70. The van der Waals surface area contributed by atoms with E-state index in [9.17, 15) is 19.7 Å². The van der Waals surface area contributed by atoms with Crippen LogP contribution in [0.3, 0.4) is 0 Å². The second-order valence-electron chi connectivity index (χ2n) is 6.08. The van der Waals surface area contributed by atoms with Crippen LogP contribution in [0.5, 0.6) is 0 Å². The maximum atomic E-state index is 12.6. The lowest BCUT2D eigenvalue weighted by molar-refractivity contribution is -0.387. The minimum atomic E-state index is -0.744. The lowest BCUT2D eigenvalue weighted by atomic mass is 10.1. The number of anilines is 1. The Bertz CT molecular complexity index is 1080. The van der Waals surface area contributed by atoms with Gasteiger partial charge in [-0.05, 0) is 35.0 Å². The van der Waals surface area contributed by atoms with Crippen LogP contribution in [-0.4, -0.2) is 29.5 Å². The van der Waals surface area contributed by atoms with E-state index in [1.807, 2.05) is 42.5 Å². The maximum absolute atomic E-state index is 12.6. The van der Waals surface area contributed by atoms with Crippen molar-refractivity contribution in [1.29, 1.82) is 0 Å². The first-order valence-corrected chi connectivity index (χ1v) is 9.32. The second kappa shape index (κ2) is 8.10. The Labute approximate surface area is 165 Å². The number of hydrogen-bond acceptors (Lipinski definition) is 5. The Hall–Kier alpha value is -3.39. The van der Waals surface area contributed by atoms with Gasteiger partial charge in [-0.25, -0.2) is 0 Å². The summed E-state index contributed by atoms with van der Waals surface area (Å²) in [5, 5.41) is 13.4. The third-order valence-electron chi connectivity index (χ3n) is 4.29. The zero-order chi connectivity index (χ0) is 20.3. The normalized spacial score (nSPS) is 10.6. The van der Waals surface area contributed by atoms with Crippen molar-refractivity contribution in [3.8, 4) is 0 Å². The van der Waals surface area contributed by atoms with Crippen LogP contribution in [0.25, 0.3) is 10.8 Å². The van der Waals surface area contributed by atoms with Crippen molar-refractivity contribution < 1.29 is 14.5 Å². The Kier molecular flexibility index (Phi) is 5.60. The van der Waals surface area contributed by atoms with Crippen LogP contribution in [0, 0.1) is 10.1 Å². The monoisotopic (exact) mass is 395 g/mol. The summed E-state index contributed by atoms with van der Waals surface area (Å²) in [6, 6.07) is 17.5. The number of nitro benzene ring substituents is 1. The molecule has 0 saturated carbocycles. The van der Waals surface area contributed by atoms with E-state index in [-0.39, 0.29) is 22.9 Å². The molecule has 7 nitrogen and oxygen atoms in total. The maximum Gasteiger partial charge on any atom is 0.283 e. The summed E-state index contributed by atoms with van der Waals surface area (Å²) in [6.45, 7) is 0. The first kappa shape index (κ1) is 19.4. The Morgan fingerprint density at radius 3 is 2.46 bits per heavy atom. The smallest absolute Gasteiger partial charge is 0.283 e. The molecule has 0 fully saturated rings. The summed E-state index contributed by atoms with van der Waals surface area (Å²) >= 11 is 1.05. The molecule has 0 radical (unpaired) electrons. The van der Waals surface area contributed by atoms with Gasteiger partial charge >= 0.3 is 0 Å². The number of nitrogens with zero attached hydrogens (tertiary/aromatic N) is 2. The first-order chi connectivity index (χ1) is 13.4. The van der Waals surface area contributed by atoms with Crippen molar-refractivity contribution in [2.75, 3.05) is 17.7 Å². The third-order valence-corrected chi connectivity index (χ3v) is 5.33. The Morgan fingerprint density at radius 1 is 1.07 bits per heavy atom. The molecule has 0 aromatic heterocycles. The van der Waals surface area contributed by atoms with Crippen molar-refractivity contribution >= 4 is 45.7 Å². The van der Waals surface area contributed by atoms with Crippen LogP contribution in [-0.2, 0) is 4.79 Å². The highest BCUT2D eigenvalue weighted by Gasteiger charge is 2.19. The first-order valence-electron chi connectivity index (χ1n) is 8.33. The van der Waals surface area contributed by atoms with Gasteiger partial charge in [-0.3, -0.25) is 19.7 Å². The average molecular weight is 395 g/mol. The largest absolute Gasteiger partial charge is 0.366 e. The van der Waals surface area contributed by atoms with Gasteiger partial charge in [0.1, 0.15) is 0 Å². The zero-order valence-corrected chi connectivity index (χ0v) is 15.8. The molecule has 0 aliphatic carbocycles. The van der Waals surface area contributed by atoms with Gasteiger partial charge in [-0.1, -0.05) is 30.3 Å². The molecule has 8 heteroatoms. The third kappa shape index (κ3) is 4.12. The standard InChI is InChI=1S/C20H17N3O4S/c1-22(16-8-6-13-4-2-3-5-14(13)10-16)19(24)12-28-18-9-7-15(20(21)25)11-17(18)23(26)27/h2-11H,12H2,1H3,(H2,21,25). The van der Waals surface area contributed by atoms with Crippen molar-refractivity contribution in [2.45, 2.75) is 4.90 Å². The lowest BCUT2D eigenvalue weighted by Gasteiger charge is -2.18. The minimum absolute atomic E-state index is 0.0140. The molecule has 3 aromatic rings. The van der Waals surface area contributed by atoms with Crippen molar-refractivity contribution in [3.63, 3.8) is 0 Å². The van der Waals surface area contributed by atoms with Gasteiger partial charge in [0.25, 0.3) is 5.69 Å². The summed E-state index contributed by atoms with van der Waals surface area (Å²) in [7, 11) is 1.66. The van der Waals surface area contributed by atoms with Crippen LogP contribution >= 0.6 is 11.8 Å². The van der Waals surface area contributed by atoms with E-state index in [0.717, 1.165) is 34.3 Å². The van der Waals surface area contributed by atoms with Gasteiger partial charge in [-0.2, -0.15) is 0 Å². The fourth-order valence-corrected chi connectivity index (χ4v) is 3.62. The summed E-state index contributed by atoms with van der Waals surface area (Å²) in [5.74, 6) is -0.930. The summed E-state index contributed by atoms with van der Waals surface area (Å²) in [4.78, 5) is 36.3. The van der Waals surface area contributed by atoms with E-state index < -0.39 is 10.8 Å². The van der Waals surface area contributed by atoms with Crippen molar-refractivity contribution in [2.24, 2.45) is 5.73 Å². The predicted molar refractivity (Wildman–Crippen MR) is 110 cm³/mol. The van der Waals surface area contributed by atoms with Gasteiger partial charge in [0.2, 0.25) is 11.8 Å². The van der Waals surface area contributed by atoms with E-state index >= 15 is 0 Å². The van der Waals surface area contributed by atoms with Crippen molar-refractivity contribution in [1.82, 2.24) is 0 Å². The molecule has 2 amide bonds. The van der Waals surface area contributed by atoms with E-state index in [1.165, 1.54) is 17.0 Å². The summed E-state index contributed by atoms with van der Waals surface area (Å²) in [6.07, 6.45) is 0. The molecule has 2 N–H and O–H groups in total. The van der Waals surface area contributed by atoms with Crippen LogP contribution in [0.2, 0.25) is 0 Å². The number of thioether (sulfide) groups is 1. The van der Waals surface area contributed by atoms with E-state index in [4.69, 9.17) is 5.73 Å². The van der Waals surface area contributed by atoms with Crippen LogP contribution in [0.4, 0.5) is 11.4 Å². The molecule has 3 aromatic carbocycles. The van der Waals surface area contributed by atoms with Crippen LogP contribution < -0.4 is 10.6 Å². The lowest BCUT2D eigenvalue weighted by Crippen LogP contribution is -2.27. The molecule has 0 aliphatic heterocycles. The molecule has 0 bridgehead atoms. The number of primary amides is 1. The fourth-order valence-electron chi connectivity index (χ4n) is 2.70. The number of hydrogen-bond donors (Lipinski definition) is 1. The number of rotatable bonds is 6. The number of nitro groups is 1.